The Morgan fingerprint density at radius 1 is 0.909 bits per heavy atom. The quantitative estimate of drug-likeness (QED) is 0.795. The SMILES string of the molecule is COC(=O)c1cccc(COC(=O)c2cccc(OC)c2)c1. The third-order valence-corrected chi connectivity index (χ3v) is 3.02. The highest BCUT2D eigenvalue weighted by Crippen LogP contribution is 2.14. The Kier molecular flexibility index (Phi) is 5.14. The van der Waals surface area contributed by atoms with Crippen LogP contribution in [0.5, 0.6) is 5.75 Å². The standard InChI is InChI=1S/C17H16O5/c1-20-15-8-4-7-14(10-15)17(19)22-11-12-5-3-6-13(9-12)16(18)21-2/h3-10H,11H2,1-2H3. The zero-order chi connectivity index (χ0) is 15.9. The summed E-state index contributed by atoms with van der Waals surface area (Å²) in [5.74, 6) is -0.300. The molecule has 0 radical (unpaired) electrons. The van der Waals surface area contributed by atoms with E-state index < -0.39 is 11.9 Å². The molecule has 0 bridgehead atoms. The summed E-state index contributed by atoms with van der Waals surface area (Å²) in [5, 5.41) is 0. The predicted octanol–water partition coefficient (Wildman–Crippen LogP) is 2.84. The Morgan fingerprint density at radius 3 is 2.27 bits per heavy atom. The number of hydrogen-bond acceptors (Lipinski definition) is 5. The first-order valence-corrected chi connectivity index (χ1v) is 6.62. The molecule has 22 heavy (non-hydrogen) atoms. The van der Waals surface area contributed by atoms with Crippen LogP contribution < -0.4 is 4.74 Å². The Balaban J connectivity index is 2.03. The molecule has 0 aliphatic carbocycles. The molecule has 114 valence electrons. The van der Waals surface area contributed by atoms with Crippen molar-refractivity contribution in [3.63, 3.8) is 0 Å². The molecule has 0 atom stereocenters. The molecule has 0 spiro atoms. The zero-order valence-corrected chi connectivity index (χ0v) is 12.4. The second kappa shape index (κ2) is 7.26. The zero-order valence-electron chi connectivity index (χ0n) is 12.4. The molecule has 2 aromatic rings. The van der Waals surface area contributed by atoms with Gasteiger partial charge in [0.1, 0.15) is 12.4 Å². The van der Waals surface area contributed by atoms with Crippen LogP contribution >= 0.6 is 0 Å². The fraction of sp³-hybridized carbons (Fsp3) is 0.176. The number of methoxy groups -OCH3 is 2. The molecule has 0 amide bonds. The average Bonchev–Trinajstić information content (AvgIpc) is 2.59. The summed E-state index contributed by atoms with van der Waals surface area (Å²) in [5.41, 5.74) is 1.53. The van der Waals surface area contributed by atoms with Crippen molar-refractivity contribution in [1.82, 2.24) is 0 Å². The first-order chi connectivity index (χ1) is 10.6. The van der Waals surface area contributed by atoms with Gasteiger partial charge >= 0.3 is 11.9 Å². The summed E-state index contributed by atoms with van der Waals surface area (Å²) >= 11 is 0. The lowest BCUT2D eigenvalue weighted by atomic mass is 10.1. The summed E-state index contributed by atoms with van der Waals surface area (Å²) in [4.78, 5) is 23.4. The molecule has 5 heteroatoms. The van der Waals surface area contributed by atoms with Crippen molar-refractivity contribution in [3.05, 3.63) is 65.2 Å². The average molecular weight is 300 g/mol. The molecule has 0 saturated carbocycles. The lowest BCUT2D eigenvalue weighted by Crippen LogP contribution is -2.06. The monoisotopic (exact) mass is 300 g/mol. The third-order valence-electron chi connectivity index (χ3n) is 3.02. The molecular formula is C17H16O5. The van der Waals surface area contributed by atoms with Gasteiger partial charge in [0, 0.05) is 0 Å². The van der Waals surface area contributed by atoms with Crippen LogP contribution in [-0.2, 0) is 16.1 Å². The summed E-state index contributed by atoms with van der Waals surface area (Å²) in [6.07, 6.45) is 0. The normalized spacial score (nSPS) is 9.91. The van der Waals surface area contributed by atoms with Crippen LogP contribution in [0.15, 0.2) is 48.5 Å². The van der Waals surface area contributed by atoms with Crippen molar-refractivity contribution < 1.29 is 23.8 Å². The minimum atomic E-state index is -0.456. The highest BCUT2D eigenvalue weighted by Gasteiger charge is 2.10. The number of rotatable bonds is 5. The van der Waals surface area contributed by atoms with Crippen LogP contribution in [0.1, 0.15) is 26.3 Å². The summed E-state index contributed by atoms with van der Waals surface area (Å²) < 4.78 is 14.9. The predicted molar refractivity (Wildman–Crippen MR) is 79.9 cm³/mol. The van der Waals surface area contributed by atoms with Gasteiger partial charge in [-0.2, -0.15) is 0 Å². The van der Waals surface area contributed by atoms with Crippen molar-refractivity contribution in [1.29, 1.82) is 0 Å². The molecule has 0 heterocycles. The number of carbonyl (C=O) groups is 2. The van der Waals surface area contributed by atoms with E-state index in [0.29, 0.717) is 22.4 Å². The lowest BCUT2D eigenvalue weighted by molar-refractivity contribution is 0.0472. The second-order valence-corrected chi connectivity index (χ2v) is 4.50. The molecule has 0 saturated heterocycles. The minimum absolute atomic E-state index is 0.0703. The van der Waals surface area contributed by atoms with Crippen molar-refractivity contribution >= 4 is 11.9 Å². The van der Waals surface area contributed by atoms with E-state index in [4.69, 9.17) is 9.47 Å². The Bertz CT molecular complexity index is 678. The topological polar surface area (TPSA) is 61.8 Å². The fourth-order valence-electron chi connectivity index (χ4n) is 1.89. The van der Waals surface area contributed by atoms with Crippen LogP contribution in [0.3, 0.4) is 0 Å². The summed E-state index contributed by atoms with van der Waals surface area (Å²) in [6.45, 7) is 0.0703. The molecule has 0 aliphatic heterocycles. The van der Waals surface area contributed by atoms with Crippen LogP contribution in [-0.4, -0.2) is 26.2 Å². The maximum atomic E-state index is 12.0. The van der Waals surface area contributed by atoms with Crippen LogP contribution in [0.25, 0.3) is 0 Å². The van der Waals surface area contributed by atoms with Gasteiger partial charge in [0.2, 0.25) is 0 Å². The molecular weight excluding hydrogens is 284 g/mol. The molecule has 0 unspecified atom stereocenters. The Labute approximate surface area is 128 Å². The molecule has 0 aromatic heterocycles. The van der Waals surface area contributed by atoms with Gasteiger partial charge in [-0.3, -0.25) is 0 Å². The number of benzene rings is 2. The fourth-order valence-corrected chi connectivity index (χ4v) is 1.89. The second-order valence-electron chi connectivity index (χ2n) is 4.50. The van der Waals surface area contributed by atoms with E-state index in [1.54, 1.807) is 48.5 Å². The highest BCUT2D eigenvalue weighted by atomic mass is 16.5. The van der Waals surface area contributed by atoms with Gasteiger partial charge in [0.05, 0.1) is 25.3 Å². The van der Waals surface area contributed by atoms with Gasteiger partial charge in [-0.15, -0.1) is 0 Å². The van der Waals surface area contributed by atoms with Crippen molar-refractivity contribution in [3.8, 4) is 5.75 Å². The van der Waals surface area contributed by atoms with Gasteiger partial charge in [-0.1, -0.05) is 18.2 Å². The molecule has 2 aromatic carbocycles. The van der Waals surface area contributed by atoms with Crippen LogP contribution in [0.4, 0.5) is 0 Å². The molecule has 0 fully saturated rings. The number of carbonyl (C=O) groups excluding carboxylic acids is 2. The maximum absolute atomic E-state index is 12.0. The molecule has 0 aliphatic rings. The molecule has 0 N–H and O–H groups in total. The van der Waals surface area contributed by atoms with Crippen molar-refractivity contribution in [2.75, 3.05) is 14.2 Å². The van der Waals surface area contributed by atoms with E-state index >= 15 is 0 Å². The van der Waals surface area contributed by atoms with Crippen LogP contribution in [0.2, 0.25) is 0 Å². The summed E-state index contributed by atoms with van der Waals surface area (Å²) in [7, 11) is 2.85. The Hall–Kier alpha value is -2.82. The largest absolute Gasteiger partial charge is 0.497 e. The van der Waals surface area contributed by atoms with Crippen molar-refractivity contribution in [2.45, 2.75) is 6.61 Å². The lowest BCUT2D eigenvalue weighted by Gasteiger charge is -2.07. The van der Waals surface area contributed by atoms with E-state index in [0.717, 1.165) is 0 Å². The van der Waals surface area contributed by atoms with E-state index in [2.05, 4.69) is 4.74 Å². The highest BCUT2D eigenvalue weighted by molar-refractivity contribution is 5.90. The van der Waals surface area contributed by atoms with E-state index in [1.807, 2.05) is 0 Å². The van der Waals surface area contributed by atoms with Gasteiger partial charge in [-0.25, -0.2) is 9.59 Å². The van der Waals surface area contributed by atoms with E-state index in [9.17, 15) is 9.59 Å². The smallest absolute Gasteiger partial charge is 0.338 e. The molecule has 5 nitrogen and oxygen atoms in total. The van der Waals surface area contributed by atoms with E-state index in [-0.39, 0.29) is 6.61 Å². The van der Waals surface area contributed by atoms with Gasteiger partial charge < -0.3 is 14.2 Å². The molecule has 2 rings (SSSR count). The number of esters is 2. The van der Waals surface area contributed by atoms with Gasteiger partial charge in [-0.05, 0) is 35.9 Å². The van der Waals surface area contributed by atoms with Crippen molar-refractivity contribution in [2.24, 2.45) is 0 Å². The maximum Gasteiger partial charge on any atom is 0.338 e. The minimum Gasteiger partial charge on any atom is -0.497 e. The number of hydrogen-bond donors (Lipinski definition) is 0. The third kappa shape index (κ3) is 3.85. The Morgan fingerprint density at radius 2 is 1.59 bits per heavy atom. The number of ether oxygens (including phenoxy) is 3. The van der Waals surface area contributed by atoms with Crippen LogP contribution in [0, 0.1) is 0 Å². The van der Waals surface area contributed by atoms with E-state index in [1.165, 1.54) is 14.2 Å². The van der Waals surface area contributed by atoms with Gasteiger partial charge in [0.25, 0.3) is 0 Å². The summed E-state index contributed by atoms with van der Waals surface area (Å²) in [6, 6.07) is 13.5. The first-order valence-electron chi connectivity index (χ1n) is 6.62. The van der Waals surface area contributed by atoms with Gasteiger partial charge in [0.15, 0.2) is 0 Å². The first kappa shape index (κ1) is 15.6.